The zero-order chi connectivity index (χ0) is 19.7. The van der Waals surface area contributed by atoms with E-state index in [0.29, 0.717) is 24.5 Å². The number of benzene rings is 2. The highest BCUT2D eigenvalue weighted by atomic mass is 16.5. The van der Waals surface area contributed by atoms with Crippen molar-refractivity contribution in [2.24, 2.45) is 0 Å². The third kappa shape index (κ3) is 3.54. The molecule has 0 bridgehead atoms. The van der Waals surface area contributed by atoms with E-state index < -0.39 is 0 Å². The summed E-state index contributed by atoms with van der Waals surface area (Å²) >= 11 is 0. The van der Waals surface area contributed by atoms with Gasteiger partial charge in [-0.25, -0.2) is 0 Å². The Labute approximate surface area is 165 Å². The number of rotatable bonds is 3. The van der Waals surface area contributed by atoms with Crippen LogP contribution in [0.5, 0.6) is 5.75 Å². The van der Waals surface area contributed by atoms with E-state index in [0.717, 1.165) is 18.7 Å². The smallest absolute Gasteiger partial charge is 0.265 e. The second-order valence-electron chi connectivity index (χ2n) is 7.39. The number of fused-ring (bicyclic) bond motifs is 1. The van der Waals surface area contributed by atoms with Gasteiger partial charge in [0.25, 0.3) is 5.91 Å². The first kappa shape index (κ1) is 18.3. The molecule has 6 heteroatoms. The van der Waals surface area contributed by atoms with Gasteiger partial charge in [0.15, 0.2) is 6.61 Å². The van der Waals surface area contributed by atoms with Gasteiger partial charge in [-0.3, -0.25) is 14.5 Å². The molecule has 146 valence electrons. The number of piperazine rings is 1. The van der Waals surface area contributed by atoms with Crippen LogP contribution in [-0.2, 0) is 9.59 Å². The lowest BCUT2D eigenvalue weighted by Crippen LogP contribution is -2.53. The number of hydrogen-bond donors (Lipinski definition) is 0. The molecular weight excluding hydrogens is 354 g/mol. The van der Waals surface area contributed by atoms with Crippen LogP contribution in [-0.4, -0.2) is 56.0 Å². The third-order valence-corrected chi connectivity index (χ3v) is 5.44. The molecule has 0 radical (unpaired) electrons. The Morgan fingerprint density at radius 3 is 2.50 bits per heavy atom. The number of carbonyl (C=O) groups is 2. The van der Waals surface area contributed by atoms with Crippen molar-refractivity contribution < 1.29 is 14.3 Å². The lowest BCUT2D eigenvalue weighted by atomic mass is 10.1. The number of para-hydroxylation sites is 1. The van der Waals surface area contributed by atoms with Gasteiger partial charge in [0.1, 0.15) is 12.3 Å². The maximum atomic E-state index is 12.9. The first-order chi connectivity index (χ1) is 13.5. The molecule has 4 rings (SSSR count). The summed E-state index contributed by atoms with van der Waals surface area (Å²) < 4.78 is 5.50. The second-order valence-corrected chi connectivity index (χ2v) is 7.39. The summed E-state index contributed by atoms with van der Waals surface area (Å²) in [6.07, 6.45) is 0. The average Bonchev–Trinajstić information content (AvgIpc) is 2.71. The third-order valence-electron chi connectivity index (χ3n) is 5.44. The Bertz CT molecular complexity index is 904. The summed E-state index contributed by atoms with van der Waals surface area (Å²) in [5, 5.41) is 0. The van der Waals surface area contributed by atoms with Crippen molar-refractivity contribution in [3.8, 4) is 5.75 Å². The van der Waals surface area contributed by atoms with Crippen LogP contribution >= 0.6 is 0 Å². The largest absolute Gasteiger partial charge is 0.482 e. The van der Waals surface area contributed by atoms with E-state index in [1.807, 2.05) is 42.2 Å². The predicted molar refractivity (Wildman–Crippen MR) is 109 cm³/mol. The van der Waals surface area contributed by atoms with Crippen molar-refractivity contribution in [3.63, 3.8) is 0 Å². The topological polar surface area (TPSA) is 53.1 Å². The number of nitrogens with zero attached hydrogens (tertiary/aromatic N) is 3. The molecule has 2 aliphatic heterocycles. The van der Waals surface area contributed by atoms with Gasteiger partial charge in [-0.15, -0.1) is 0 Å². The second kappa shape index (κ2) is 7.54. The average molecular weight is 379 g/mol. The van der Waals surface area contributed by atoms with Crippen molar-refractivity contribution in [2.75, 3.05) is 49.1 Å². The summed E-state index contributed by atoms with van der Waals surface area (Å²) in [5.74, 6) is 0.458. The number of amides is 2. The lowest BCUT2D eigenvalue weighted by molar-refractivity contribution is -0.132. The van der Waals surface area contributed by atoms with Crippen LogP contribution in [0.25, 0.3) is 0 Å². The monoisotopic (exact) mass is 379 g/mol. The number of aryl methyl sites for hydroxylation is 2. The molecule has 0 aromatic heterocycles. The SMILES string of the molecule is Cc1ccc2c(c1)N(CC(=O)N1CCN(c3ccccc3C)CC1)C(=O)CO2. The van der Waals surface area contributed by atoms with Crippen molar-refractivity contribution in [2.45, 2.75) is 13.8 Å². The summed E-state index contributed by atoms with van der Waals surface area (Å²) in [4.78, 5) is 31.0. The van der Waals surface area contributed by atoms with Gasteiger partial charge in [-0.2, -0.15) is 0 Å². The van der Waals surface area contributed by atoms with Crippen LogP contribution in [0.1, 0.15) is 11.1 Å². The minimum atomic E-state index is -0.176. The number of hydrogen-bond acceptors (Lipinski definition) is 4. The Morgan fingerprint density at radius 1 is 1.00 bits per heavy atom. The van der Waals surface area contributed by atoms with Gasteiger partial charge in [0.05, 0.1) is 5.69 Å². The van der Waals surface area contributed by atoms with E-state index in [2.05, 4.69) is 24.0 Å². The Kier molecular flexibility index (Phi) is 4.94. The highest BCUT2D eigenvalue weighted by Crippen LogP contribution is 2.32. The molecule has 2 amide bonds. The van der Waals surface area contributed by atoms with Crippen LogP contribution in [0.4, 0.5) is 11.4 Å². The molecule has 2 aliphatic rings. The maximum Gasteiger partial charge on any atom is 0.265 e. The molecule has 6 nitrogen and oxygen atoms in total. The summed E-state index contributed by atoms with van der Waals surface area (Å²) in [6, 6.07) is 14.0. The summed E-state index contributed by atoms with van der Waals surface area (Å²) in [5.41, 5.74) is 4.18. The van der Waals surface area contributed by atoms with E-state index in [9.17, 15) is 9.59 Å². The molecule has 0 saturated carbocycles. The van der Waals surface area contributed by atoms with Crippen LogP contribution in [0.15, 0.2) is 42.5 Å². The predicted octanol–water partition coefficient (Wildman–Crippen LogP) is 2.38. The lowest BCUT2D eigenvalue weighted by Gasteiger charge is -2.38. The quantitative estimate of drug-likeness (QED) is 0.822. The fourth-order valence-corrected chi connectivity index (χ4v) is 3.84. The highest BCUT2D eigenvalue weighted by molar-refractivity contribution is 6.02. The molecule has 1 saturated heterocycles. The molecular formula is C22H25N3O3. The molecule has 0 aliphatic carbocycles. The minimum Gasteiger partial charge on any atom is -0.482 e. The standard InChI is InChI=1S/C22H25N3O3/c1-16-7-8-20-19(13-16)25(22(27)15-28-20)14-21(26)24-11-9-23(10-12-24)18-6-4-3-5-17(18)2/h3-8,13H,9-12,14-15H2,1-2H3. The van der Waals surface area contributed by atoms with E-state index in [-0.39, 0.29) is 25.0 Å². The van der Waals surface area contributed by atoms with E-state index in [4.69, 9.17) is 4.74 Å². The van der Waals surface area contributed by atoms with Gasteiger partial charge in [-0.1, -0.05) is 24.3 Å². The van der Waals surface area contributed by atoms with Gasteiger partial charge in [-0.05, 0) is 43.2 Å². The highest BCUT2D eigenvalue weighted by Gasteiger charge is 2.30. The van der Waals surface area contributed by atoms with Crippen LogP contribution in [0.2, 0.25) is 0 Å². The normalized spacial score (nSPS) is 16.6. The zero-order valence-electron chi connectivity index (χ0n) is 16.4. The van der Waals surface area contributed by atoms with E-state index in [1.54, 1.807) is 4.90 Å². The zero-order valence-corrected chi connectivity index (χ0v) is 16.4. The van der Waals surface area contributed by atoms with Gasteiger partial charge in [0, 0.05) is 31.9 Å². The van der Waals surface area contributed by atoms with E-state index >= 15 is 0 Å². The fraction of sp³-hybridized carbons (Fsp3) is 0.364. The molecule has 1 fully saturated rings. The minimum absolute atomic E-state index is 0.0212. The van der Waals surface area contributed by atoms with Gasteiger partial charge in [0.2, 0.25) is 5.91 Å². The molecule has 0 atom stereocenters. The Balaban J connectivity index is 1.42. The number of anilines is 2. The first-order valence-electron chi connectivity index (χ1n) is 9.65. The van der Waals surface area contributed by atoms with Crippen LogP contribution < -0.4 is 14.5 Å². The van der Waals surface area contributed by atoms with Crippen molar-refractivity contribution in [1.82, 2.24) is 4.90 Å². The number of carbonyl (C=O) groups excluding carboxylic acids is 2. The maximum absolute atomic E-state index is 12.9. The number of ether oxygens (including phenoxy) is 1. The molecule has 2 aromatic rings. The molecule has 28 heavy (non-hydrogen) atoms. The van der Waals surface area contributed by atoms with Gasteiger partial charge >= 0.3 is 0 Å². The Hall–Kier alpha value is -3.02. The first-order valence-corrected chi connectivity index (χ1v) is 9.65. The molecule has 0 spiro atoms. The van der Waals surface area contributed by atoms with Crippen LogP contribution in [0.3, 0.4) is 0 Å². The summed E-state index contributed by atoms with van der Waals surface area (Å²) in [7, 11) is 0. The molecule has 2 heterocycles. The van der Waals surface area contributed by atoms with Gasteiger partial charge < -0.3 is 14.5 Å². The Morgan fingerprint density at radius 2 is 1.75 bits per heavy atom. The summed E-state index contributed by atoms with van der Waals surface area (Å²) in [6.45, 7) is 7.01. The molecule has 2 aromatic carbocycles. The molecule has 0 N–H and O–H groups in total. The van der Waals surface area contributed by atoms with E-state index in [1.165, 1.54) is 11.3 Å². The van der Waals surface area contributed by atoms with Crippen molar-refractivity contribution >= 4 is 23.2 Å². The fourth-order valence-electron chi connectivity index (χ4n) is 3.84. The molecule has 0 unspecified atom stereocenters. The van der Waals surface area contributed by atoms with Crippen molar-refractivity contribution in [3.05, 3.63) is 53.6 Å². The van der Waals surface area contributed by atoms with Crippen LogP contribution in [0, 0.1) is 13.8 Å². The van der Waals surface area contributed by atoms with Crippen molar-refractivity contribution in [1.29, 1.82) is 0 Å².